The van der Waals surface area contributed by atoms with Gasteiger partial charge in [-0.1, -0.05) is 34.1 Å². The van der Waals surface area contributed by atoms with Crippen LogP contribution in [0.15, 0.2) is 0 Å². The Hall–Kier alpha value is -0.890. The second-order valence-electron chi connectivity index (χ2n) is 12.7. The number of carbonyl (C=O) groups is 1. The number of hydrogen-bond acceptors (Lipinski definition) is 6. The van der Waals surface area contributed by atoms with Gasteiger partial charge in [0.05, 0.1) is 18.3 Å². The van der Waals surface area contributed by atoms with Crippen LogP contribution in [0, 0.1) is 52.3 Å². The fourth-order valence-electron chi connectivity index (χ4n) is 10.0. The first-order chi connectivity index (χ1) is 15.6. The van der Waals surface area contributed by atoms with Gasteiger partial charge in [0, 0.05) is 0 Å². The molecule has 5 fully saturated rings. The van der Waals surface area contributed by atoms with Crippen LogP contribution in [0.5, 0.6) is 0 Å². The first kappa shape index (κ1) is 23.8. The Balaban J connectivity index is 1.43. The van der Waals surface area contributed by atoms with Crippen molar-refractivity contribution < 1.29 is 25.0 Å². The van der Waals surface area contributed by atoms with Gasteiger partial charge < -0.3 is 25.5 Å². The second kappa shape index (κ2) is 8.35. The van der Waals surface area contributed by atoms with E-state index >= 15 is 0 Å². The Morgan fingerprint density at radius 1 is 1.12 bits per heavy atom. The molecule has 1 aliphatic heterocycles. The van der Waals surface area contributed by atoms with E-state index in [1.807, 2.05) is 0 Å². The van der Waals surface area contributed by atoms with Crippen LogP contribution in [0.1, 0.15) is 79.1 Å². The summed E-state index contributed by atoms with van der Waals surface area (Å²) in [5.41, 5.74) is 2.74. The standard InChI is InChI=1S/C26H44N2O5/c1-5-15-18-11-14(29)8-9-25(18,3)22-19(30)12-26(4)16(6-7-17(26)21(22)23(15)31)13(2)10-20-27-24(32)33-28-20/h13-23,28-31H,5-12H2,1-4H3,(H,27,32)/t13-,14-,15-,16-,17?,18+,19+,20?,21?,22?,23-,25+,26-/m1/s1. The van der Waals surface area contributed by atoms with Crippen LogP contribution in [0.3, 0.4) is 0 Å². The average Bonchev–Trinajstić information content (AvgIpc) is 3.31. The molecular weight excluding hydrogens is 420 g/mol. The highest BCUT2D eigenvalue weighted by Gasteiger charge is 2.67. The molecule has 0 radical (unpaired) electrons. The van der Waals surface area contributed by atoms with Gasteiger partial charge in [-0.25, -0.2) is 4.79 Å². The number of amides is 1. The summed E-state index contributed by atoms with van der Waals surface area (Å²) in [5.74, 6) is 1.87. The highest BCUT2D eigenvalue weighted by Crippen LogP contribution is 2.69. The number of fused-ring (bicyclic) bond motifs is 5. The summed E-state index contributed by atoms with van der Waals surface area (Å²) in [6.45, 7) is 9.15. The molecule has 0 spiro atoms. The fourth-order valence-corrected chi connectivity index (χ4v) is 10.0. The Kier molecular flexibility index (Phi) is 6.03. The summed E-state index contributed by atoms with van der Waals surface area (Å²) in [4.78, 5) is 16.3. The average molecular weight is 465 g/mol. The van der Waals surface area contributed by atoms with E-state index in [4.69, 9.17) is 4.84 Å². The SMILES string of the molecule is CC[C@H]1[C@@H](O)C2C3CC[C@H]([C@H](C)CC4NOC(=O)N4)[C@@]3(C)C[C@H](O)C2[C@@]2(C)CC[C@@H](O)C[C@@H]12. The molecule has 1 amide bonds. The van der Waals surface area contributed by atoms with E-state index < -0.39 is 18.3 Å². The molecule has 5 aliphatic rings. The van der Waals surface area contributed by atoms with Crippen LogP contribution in [-0.2, 0) is 4.84 Å². The first-order valence-corrected chi connectivity index (χ1v) is 13.4. The van der Waals surface area contributed by atoms with E-state index in [0.717, 1.165) is 51.4 Å². The van der Waals surface area contributed by atoms with E-state index in [0.29, 0.717) is 17.8 Å². The van der Waals surface area contributed by atoms with Gasteiger partial charge in [-0.3, -0.25) is 0 Å². The fraction of sp³-hybridized carbons (Fsp3) is 0.962. The molecule has 1 heterocycles. The van der Waals surface area contributed by atoms with Crippen molar-refractivity contribution in [3.63, 3.8) is 0 Å². The molecule has 0 aromatic rings. The van der Waals surface area contributed by atoms with E-state index in [1.165, 1.54) is 0 Å². The molecule has 0 bridgehead atoms. The van der Waals surface area contributed by atoms with Gasteiger partial charge in [0.1, 0.15) is 6.17 Å². The van der Waals surface area contributed by atoms with Crippen LogP contribution in [0.25, 0.3) is 0 Å². The molecule has 0 aromatic carbocycles. The molecule has 4 saturated carbocycles. The zero-order chi connectivity index (χ0) is 23.7. The minimum atomic E-state index is -0.424. The molecule has 4 aliphatic carbocycles. The topological polar surface area (TPSA) is 111 Å². The largest absolute Gasteiger partial charge is 0.427 e. The lowest BCUT2D eigenvalue weighted by atomic mass is 9.40. The van der Waals surface area contributed by atoms with Crippen molar-refractivity contribution in [3.05, 3.63) is 0 Å². The van der Waals surface area contributed by atoms with Gasteiger partial charge >= 0.3 is 6.09 Å². The molecule has 5 rings (SSSR count). The van der Waals surface area contributed by atoms with Crippen molar-refractivity contribution in [3.8, 4) is 0 Å². The molecule has 7 heteroatoms. The summed E-state index contributed by atoms with van der Waals surface area (Å²) < 4.78 is 0. The van der Waals surface area contributed by atoms with Gasteiger partial charge in [0.2, 0.25) is 0 Å². The van der Waals surface area contributed by atoms with Gasteiger partial charge in [-0.2, -0.15) is 0 Å². The highest BCUT2D eigenvalue weighted by molar-refractivity contribution is 5.68. The molecule has 188 valence electrons. The molecule has 13 atom stereocenters. The lowest BCUT2D eigenvalue weighted by Crippen LogP contribution is -2.65. The van der Waals surface area contributed by atoms with Crippen molar-refractivity contribution >= 4 is 6.09 Å². The Morgan fingerprint density at radius 3 is 2.55 bits per heavy atom. The van der Waals surface area contributed by atoms with Crippen LogP contribution in [0.4, 0.5) is 4.79 Å². The van der Waals surface area contributed by atoms with E-state index in [9.17, 15) is 20.1 Å². The third-order valence-electron chi connectivity index (χ3n) is 11.3. The number of hydrogen-bond donors (Lipinski definition) is 5. The quantitative estimate of drug-likeness (QED) is 0.437. The summed E-state index contributed by atoms with van der Waals surface area (Å²) in [6, 6.07) is 0. The normalized spacial score (nSPS) is 54.6. The summed E-state index contributed by atoms with van der Waals surface area (Å²) in [5, 5.41) is 36.8. The Labute approximate surface area is 198 Å². The number of nitrogens with one attached hydrogen (secondary N) is 2. The summed E-state index contributed by atoms with van der Waals surface area (Å²) in [6.07, 6.45) is 5.48. The number of aliphatic hydroxyl groups is 3. The maximum Gasteiger partial charge on any atom is 0.427 e. The summed E-state index contributed by atoms with van der Waals surface area (Å²) >= 11 is 0. The molecule has 33 heavy (non-hydrogen) atoms. The maximum absolute atomic E-state index is 11.8. The van der Waals surface area contributed by atoms with Crippen molar-refractivity contribution in [2.45, 2.75) is 104 Å². The predicted molar refractivity (Wildman–Crippen MR) is 123 cm³/mol. The van der Waals surface area contributed by atoms with Crippen LogP contribution >= 0.6 is 0 Å². The molecule has 4 unspecified atom stereocenters. The smallest absolute Gasteiger partial charge is 0.393 e. The van der Waals surface area contributed by atoms with Gasteiger partial charge in [0.25, 0.3) is 0 Å². The minimum absolute atomic E-state index is 0.0242. The molecular formula is C26H44N2O5. The molecule has 5 N–H and O–H groups in total. The first-order valence-electron chi connectivity index (χ1n) is 13.4. The van der Waals surface area contributed by atoms with E-state index in [-0.39, 0.29) is 46.8 Å². The van der Waals surface area contributed by atoms with Crippen LogP contribution < -0.4 is 10.8 Å². The van der Waals surface area contributed by atoms with Crippen LogP contribution in [-0.4, -0.2) is 45.9 Å². The number of rotatable bonds is 4. The zero-order valence-corrected chi connectivity index (χ0v) is 20.7. The van der Waals surface area contributed by atoms with Gasteiger partial charge in [0.15, 0.2) is 0 Å². The Bertz CT molecular complexity index is 765. The maximum atomic E-state index is 11.8. The van der Waals surface area contributed by atoms with E-state index in [1.54, 1.807) is 0 Å². The van der Waals surface area contributed by atoms with Crippen molar-refractivity contribution in [2.75, 3.05) is 0 Å². The lowest BCUT2D eigenvalue weighted by Gasteiger charge is -2.66. The third-order valence-corrected chi connectivity index (χ3v) is 11.3. The molecule has 7 nitrogen and oxygen atoms in total. The van der Waals surface area contributed by atoms with Gasteiger partial charge in [-0.05, 0) is 97.2 Å². The number of carbonyl (C=O) groups excluding carboxylic acids is 1. The predicted octanol–water partition coefficient (Wildman–Crippen LogP) is 3.18. The minimum Gasteiger partial charge on any atom is -0.393 e. The third kappa shape index (κ3) is 3.56. The highest BCUT2D eigenvalue weighted by atomic mass is 16.7. The van der Waals surface area contributed by atoms with Crippen molar-refractivity contribution in [1.29, 1.82) is 0 Å². The second-order valence-corrected chi connectivity index (χ2v) is 12.7. The Morgan fingerprint density at radius 2 is 1.88 bits per heavy atom. The van der Waals surface area contributed by atoms with E-state index in [2.05, 4.69) is 38.5 Å². The number of hydroxylamine groups is 1. The lowest BCUT2D eigenvalue weighted by molar-refractivity contribution is -0.235. The zero-order valence-electron chi connectivity index (χ0n) is 20.7. The summed E-state index contributed by atoms with van der Waals surface area (Å²) in [7, 11) is 0. The van der Waals surface area contributed by atoms with Gasteiger partial charge in [-0.15, -0.1) is 5.48 Å². The van der Waals surface area contributed by atoms with Crippen molar-refractivity contribution in [1.82, 2.24) is 10.8 Å². The van der Waals surface area contributed by atoms with Crippen molar-refractivity contribution in [2.24, 2.45) is 52.3 Å². The monoisotopic (exact) mass is 464 g/mol. The van der Waals surface area contributed by atoms with Crippen LogP contribution in [0.2, 0.25) is 0 Å². The number of aliphatic hydroxyl groups excluding tert-OH is 3. The molecule has 0 aromatic heterocycles. The molecule has 1 saturated heterocycles.